The van der Waals surface area contributed by atoms with Gasteiger partial charge in [0.15, 0.2) is 11.6 Å². The van der Waals surface area contributed by atoms with Gasteiger partial charge in [0.25, 0.3) is 0 Å². The van der Waals surface area contributed by atoms with Crippen LogP contribution in [-0.2, 0) is 0 Å². The molecule has 0 atom stereocenters. The van der Waals surface area contributed by atoms with Gasteiger partial charge in [0.05, 0.1) is 18.7 Å². The second kappa shape index (κ2) is 5.55. The molecule has 0 aliphatic rings. The van der Waals surface area contributed by atoms with E-state index in [4.69, 9.17) is 26.3 Å². The maximum absolute atomic E-state index is 13.2. The van der Waals surface area contributed by atoms with Crippen molar-refractivity contribution in [1.82, 2.24) is 4.98 Å². The number of ether oxygens (including phenoxy) is 2. The number of benzene rings is 1. The highest BCUT2D eigenvalue weighted by Gasteiger charge is 2.07. The molecule has 0 N–H and O–H groups in total. The fraction of sp³-hybridized carbons (Fsp3) is 0.0769. The first-order valence-corrected chi connectivity index (χ1v) is 5.59. The highest BCUT2D eigenvalue weighted by Crippen LogP contribution is 2.27. The highest BCUT2D eigenvalue weighted by atomic mass is 35.5. The molecule has 0 fully saturated rings. The molecule has 1 aromatic carbocycles. The smallest absolute Gasteiger partial charge is 0.221 e. The van der Waals surface area contributed by atoms with E-state index < -0.39 is 5.82 Å². The molecule has 0 saturated heterocycles. The summed E-state index contributed by atoms with van der Waals surface area (Å²) in [6.07, 6.45) is 0. The van der Waals surface area contributed by atoms with Crippen molar-refractivity contribution in [3.05, 3.63) is 46.9 Å². The molecular formula is C13H8ClFN2O2. The fourth-order valence-corrected chi connectivity index (χ4v) is 1.61. The van der Waals surface area contributed by atoms with Crippen molar-refractivity contribution in [2.24, 2.45) is 0 Å². The second-order valence-electron chi connectivity index (χ2n) is 3.53. The van der Waals surface area contributed by atoms with Crippen LogP contribution in [0, 0.1) is 17.1 Å². The first-order chi connectivity index (χ1) is 9.12. The third-order valence-electron chi connectivity index (χ3n) is 2.24. The number of methoxy groups -OCH3 is 1. The van der Waals surface area contributed by atoms with Crippen LogP contribution < -0.4 is 9.47 Å². The predicted octanol–water partition coefficient (Wildman–Crippen LogP) is 3.55. The molecule has 0 radical (unpaired) electrons. The molecule has 0 aliphatic heterocycles. The van der Waals surface area contributed by atoms with Gasteiger partial charge < -0.3 is 9.47 Å². The lowest BCUT2D eigenvalue weighted by atomic mass is 10.3. The minimum atomic E-state index is -0.494. The molecule has 19 heavy (non-hydrogen) atoms. The number of nitrogens with zero attached hydrogens (tertiary/aromatic N) is 2. The number of aromatic nitrogens is 1. The van der Waals surface area contributed by atoms with E-state index in [2.05, 4.69) is 4.98 Å². The van der Waals surface area contributed by atoms with Crippen LogP contribution >= 0.6 is 11.6 Å². The number of rotatable bonds is 3. The molecule has 0 amide bonds. The van der Waals surface area contributed by atoms with Crippen LogP contribution in [0.15, 0.2) is 30.3 Å². The number of pyridine rings is 1. The number of halogens is 2. The van der Waals surface area contributed by atoms with E-state index in [0.717, 1.165) is 0 Å². The first-order valence-electron chi connectivity index (χ1n) is 5.21. The molecule has 1 aromatic heterocycles. The summed E-state index contributed by atoms with van der Waals surface area (Å²) in [5.74, 6) is 0.0428. The third kappa shape index (κ3) is 3.12. The standard InChI is InChI=1S/C13H8ClFN2O2/c1-18-11-6-9(2-3-10(11)15)19-13-5-8(7-16)4-12(14)17-13/h2-6H,1H3. The Bertz CT molecular complexity index is 656. The van der Waals surface area contributed by atoms with Crippen LogP contribution in [0.2, 0.25) is 5.15 Å². The van der Waals surface area contributed by atoms with Crippen LogP contribution in [0.5, 0.6) is 17.4 Å². The minimum Gasteiger partial charge on any atom is -0.494 e. The van der Waals surface area contributed by atoms with Crippen molar-refractivity contribution < 1.29 is 13.9 Å². The summed E-state index contributed by atoms with van der Waals surface area (Å²) >= 11 is 5.75. The Morgan fingerprint density at radius 2 is 2.11 bits per heavy atom. The summed E-state index contributed by atoms with van der Waals surface area (Å²) in [6, 6.07) is 8.80. The fourth-order valence-electron chi connectivity index (χ4n) is 1.41. The van der Waals surface area contributed by atoms with E-state index in [-0.39, 0.29) is 16.8 Å². The Morgan fingerprint density at radius 1 is 1.32 bits per heavy atom. The Hall–Kier alpha value is -2.32. The molecule has 96 valence electrons. The topological polar surface area (TPSA) is 55.1 Å². The van der Waals surface area contributed by atoms with Crippen LogP contribution in [-0.4, -0.2) is 12.1 Å². The van der Waals surface area contributed by atoms with Crippen molar-refractivity contribution in [2.45, 2.75) is 0 Å². The van der Waals surface area contributed by atoms with Gasteiger partial charge in [0.1, 0.15) is 10.9 Å². The van der Waals surface area contributed by atoms with Gasteiger partial charge in [-0.3, -0.25) is 0 Å². The van der Waals surface area contributed by atoms with Gasteiger partial charge in [-0.1, -0.05) is 11.6 Å². The summed E-state index contributed by atoms with van der Waals surface area (Å²) < 4.78 is 23.5. The van der Waals surface area contributed by atoms with Gasteiger partial charge in [-0.05, 0) is 18.2 Å². The molecule has 2 aromatic rings. The summed E-state index contributed by atoms with van der Waals surface area (Å²) in [5, 5.41) is 8.95. The van der Waals surface area contributed by atoms with E-state index in [1.165, 1.54) is 37.4 Å². The molecular weight excluding hydrogens is 271 g/mol. The highest BCUT2D eigenvalue weighted by molar-refractivity contribution is 6.29. The van der Waals surface area contributed by atoms with Crippen molar-refractivity contribution in [3.63, 3.8) is 0 Å². The van der Waals surface area contributed by atoms with Crippen LogP contribution in [0.25, 0.3) is 0 Å². The summed E-state index contributed by atoms with van der Waals surface area (Å²) in [7, 11) is 1.35. The maximum Gasteiger partial charge on any atom is 0.221 e. The maximum atomic E-state index is 13.2. The number of hydrogen-bond acceptors (Lipinski definition) is 4. The Morgan fingerprint density at radius 3 is 2.79 bits per heavy atom. The van der Waals surface area contributed by atoms with Crippen molar-refractivity contribution in [3.8, 4) is 23.4 Å². The van der Waals surface area contributed by atoms with E-state index in [9.17, 15) is 4.39 Å². The van der Waals surface area contributed by atoms with Crippen molar-refractivity contribution >= 4 is 11.6 Å². The first kappa shape index (κ1) is 13.1. The van der Waals surface area contributed by atoms with Crippen LogP contribution in [0.3, 0.4) is 0 Å². The molecule has 2 rings (SSSR count). The molecule has 4 nitrogen and oxygen atoms in total. The zero-order valence-electron chi connectivity index (χ0n) is 9.85. The Labute approximate surface area is 114 Å². The van der Waals surface area contributed by atoms with Gasteiger partial charge in [0.2, 0.25) is 5.88 Å². The Kier molecular flexibility index (Phi) is 3.83. The summed E-state index contributed by atoms with van der Waals surface area (Å²) in [4.78, 5) is 3.91. The lowest BCUT2D eigenvalue weighted by Crippen LogP contribution is -1.92. The molecule has 0 unspecified atom stereocenters. The lowest BCUT2D eigenvalue weighted by molar-refractivity contribution is 0.380. The zero-order chi connectivity index (χ0) is 13.8. The van der Waals surface area contributed by atoms with E-state index in [1.54, 1.807) is 0 Å². The lowest BCUT2D eigenvalue weighted by Gasteiger charge is -2.07. The van der Waals surface area contributed by atoms with Crippen LogP contribution in [0.4, 0.5) is 4.39 Å². The summed E-state index contributed by atoms with van der Waals surface area (Å²) in [6.45, 7) is 0. The Balaban J connectivity index is 2.31. The molecule has 0 saturated carbocycles. The van der Waals surface area contributed by atoms with Crippen molar-refractivity contribution in [2.75, 3.05) is 7.11 Å². The molecule has 0 spiro atoms. The van der Waals surface area contributed by atoms with Gasteiger partial charge in [-0.25, -0.2) is 9.37 Å². The van der Waals surface area contributed by atoms with Gasteiger partial charge in [-0.15, -0.1) is 0 Å². The number of nitriles is 1. The molecule has 0 bridgehead atoms. The zero-order valence-corrected chi connectivity index (χ0v) is 10.6. The van der Waals surface area contributed by atoms with Gasteiger partial charge in [0, 0.05) is 12.1 Å². The van der Waals surface area contributed by atoms with E-state index in [1.807, 2.05) is 6.07 Å². The van der Waals surface area contributed by atoms with E-state index in [0.29, 0.717) is 11.3 Å². The van der Waals surface area contributed by atoms with Gasteiger partial charge >= 0.3 is 0 Å². The number of hydrogen-bond donors (Lipinski definition) is 0. The van der Waals surface area contributed by atoms with Crippen LogP contribution in [0.1, 0.15) is 5.56 Å². The monoisotopic (exact) mass is 278 g/mol. The average molecular weight is 279 g/mol. The molecule has 6 heteroatoms. The minimum absolute atomic E-state index is 0.0556. The van der Waals surface area contributed by atoms with Crippen molar-refractivity contribution in [1.29, 1.82) is 5.26 Å². The largest absolute Gasteiger partial charge is 0.494 e. The quantitative estimate of drug-likeness (QED) is 0.806. The predicted molar refractivity (Wildman–Crippen MR) is 67.0 cm³/mol. The van der Waals surface area contributed by atoms with Gasteiger partial charge in [-0.2, -0.15) is 5.26 Å². The van der Waals surface area contributed by atoms with E-state index >= 15 is 0 Å². The average Bonchev–Trinajstić information content (AvgIpc) is 2.40. The summed E-state index contributed by atoms with van der Waals surface area (Å²) in [5.41, 5.74) is 0.323. The SMILES string of the molecule is COc1cc(Oc2cc(C#N)cc(Cl)n2)ccc1F. The normalized spacial score (nSPS) is 9.79. The molecule has 1 heterocycles. The second-order valence-corrected chi connectivity index (χ2v) is 3.91. The molecule has 0 aliphatic carbocycles. The third-order valence-corrected chi connectivity index (χ3v) is 2.44.